The number of nitrogens with one attached hydrogen (secondary N) is 4. The van der Waals surface area contributed by atoms with Crippen LogP contribution >= 0.6 is 11.6 Å². The zero-order valence-electron chi connectivity index (χ0n) is 51.7. The molecule has 0 unspecified atom stereocenters. The molecular formula is C74H40ClF15N4O9. The van der Waals surface area contributed by atoms with Crippen LogP contribution in [0.5, 0.6) is 29.3 Å². The molecule has 0 aliphatic carbocycles. The van der Waals surface area contributed by atoms with Crippen molar-refractivity contribution in [3.63, 3.8) is 0 Å². The number of alkyl halides is 6. The molecule has 4 N–H and O–H groups in total. The number of aromatic amines is 4. The first kappa shape index (κ1) is 74.3. The highest BCUT2D eigenvalue weighted by molar-refractivity contribution is 6.31. The van der Waals surface area contributed by atoms with Gasteiger partial charge in [0.05, 0.1) is 33.4 Å². The predicted molar refractivity (Wildman–Crippen MR) is 349 cm³/mol. The standard InChI is InChI=1S/C19H10F5NO2.C19H11F4NO3.C18H10ClF2NO2.C18H9F4NO2/c1-2-11-12-7-6-10(20)8-13(12)18(25-17(11)26)27-9-14-15(19(22,23)24)4-3-5-16(14)21;1-2-13-14-8-7-12(20)9-15(14)18(24-17(13)25)26-10-11-5-3-4-6-16(11)27-19(21,22)23;1-2-13-14-5-3-12(21)8-15(14)18(22-17(13)23)24-9-10-7-11(20)4-6-16(10)19;1-2-11-12-4-3-9(19)5-13(12)18(23-17(11)24)25-8-14-15(21)6-10(20)7-16(14)22/h1,3-8H,9H2,(H,25,26);1,3-9H,10H2,(H,24,25);1,3-8H,9H2,(H,22,23);1,3-7H,8H2,(H,23,24). The van der Waals surface area contributed by atoms with E-state index in [-0.39, 0.29) is 96.9 Å². The van der Waals surface area contributed by atoms with E-state index in [1.807, 2.05) is 0 Å². The topological polar surface area (TPSA) is 178 Å². The number of rotatable bonds is 13. The third kappa shape index (κ3) is 17.6. The predicted octanol–water partition coefficient (Wildman–Crippen LogP) is 16.2. The van der Waals surface area contributed by atoms with E-state index in [9.17, 15) is 85.0 Å². The second-order valence-corrected chi connectivity index (χ2v) is 21.5. The first-order chi connectivity index (χ1) is 48.9. The van der Waals surface area contributed by atoms with Crippen LogP contribution < -0.4 is 45.9 Å². The maximum absolute atomic E-state index is 13.9. The fourth-order valence-electron chi connectivity index (χ4n) is 9.91. The van der Waals surface area contributed by atoms with Crippen LogP contribution in [0.15, 0.2) is 165 Å². The summed E-state index contributed by atoms with van der Waals surface area (Å²) >= 11 is 5.98. The Morgan fingerprint density at radius 2 is 0.709 bits per heavy atom. The molecule has 0 spiro atoms. The second-order valence-electron chi connectivity index (χ2n) is 21.1. The molecule has 8 aromatic carbocycles. The monoisotopic (exact) mass is 1450 g/mol. The van der Waals surface area contributed by atoms with Gasteiger partial charge in [-0.2, -0.15) is 13.2 Å². The van der Waals surface area contributed by atoms with Gasteiger partial charge in [0.25, 0.3) is 22.2 Å². The quantitative estimate of drug-likeness (QED) is 0.0646. The fraction of sp³-hybridized carbons (Fsp3) is 0.0811. The van der Waals surface area contributed by atoms with Crippen molar-refractivity contribution in [3.8, 4) is 78.6 Å². The van der Waals surface area contributed by atoms with Gasteiger partial charge in [0.1, 0.15) is 84.5 Å². The summed E-state index contributed by atoms with van der Waals surface area (Å²) in [6, 6.07) is 27.0. The zero-order chi connectivity index (χ0) is 74.8. The highest BCUT2D eigenvalue weighted by Crippen LogP contribution is 2.36. The van der Waals surface area contributed by atoms with Crippen molar-refractivity contribution in [1.29, 1.82) is 0 Å². The van der Waals surface area contributed by atoms with Gasteiger partial charge >= 0.3 is 12.5 Å². The Morgan fingerprint density at radius 3 is 1.09 bits per heavy atom. The van der Waals surface area contributed by atoms with Gasteiger partial charge < -0.3 is 23.7 Å². The molecular weight excluding hydrogens is 1410 g/mol. The molecule has 13 nitrogen and oxygen atoms in total. The van der Waals surface area contributed by atoms with Crippen molar-refractivity contribution >= 4 is 54.7 Å². The number of terminal acetylenes is 4. The van der Waals surface area contributed by atoms with E-state index >= 15 is 0 Å². The van der Waals surface area contributed by atoms with Gasteiger partial charge in [0.15, 0.2) is 0 Å². The summed E-state index contributed by atoms with van der Waals surface area (Å²) in [4.78, 5) is 57.6. The molecule has 0 radical (unpaired) electrons. The van der Waals surface area contributed by atoms with Gasteiger partial charge in [-0.05, 0) is 109 Å². The Kier molecular flexibility index (Phi) is 22.7. The van der Waals surface area contributed by atoms with E-state index in [0.717, 1.165) is 54.6 Å². The Hall–Kier alpha value is -12.9. The highest BCUT2D eigenvalue weighted by Gasteiger charge is 2.35. The first-order valence-corrected chi connectivity index (χ1v) is 29.3. The molecule has 4 heterocycles. The lowest BCUT2D eigenvalue weighted by Gasteiger charge is -2.15. The summed E-state index contributed by atoms with van der Waals surface area (Å²) < 4.78 is 224. The van der Waals surface area contributed by atoms with Gasteiger partial charge in [-0.25, -0.2) is 39.5 Å². The molecule has 0 saturated carbocycles. The van der Waals surface area contributed by atoms with Gasteiger partial charge in [-0.1, -0.05) is 59.5 Å². The maximum Gasteiger partial charge on any atom is 0.573 e. The number of H-pyrrole nitrogens is 4. The summed E-state index contributed by atoms with van der Waals surface area (Å²) in [5.74, 6) is 0.488. The molecule has 12 rings (SSSR count). The molecule has 4 aromatic heterocycles. The summed E-state index contributed by atoms with van der Waals surface area (Å²) in [5, 5.41) is 2.12. The lowest BCUT2D eigenvalue weighted by molar-refractivity contribution is -0.275. The summed E-state index contributed by atoms with van der Waals surface area (Å²) in [7, 11) is 0. The number of aromatic nitrogens is 4. The van der Waals surface area contributed by atoms with Gasteiger partial charge in [-0.3, -0.25) is 39.1 Å². The number of pyridine rings is 4. The maximum atomic E-state index is 13.9. The Bertz CT molecular complexity index is 5720. The van der Waals surface area contributed by atoms with Crippen LogP contribution in [-0.4, -0.2) is 26.3 Å². The molecule has 522 valence electrons. The van der Waals surface area contributed by atoms with E-state index in [0.29, 0.717) is 39.6 Å². The number of hydrogen-bond donors (Lipinski definition) is 4. The summed E-state index contributed by atoms with van der Waals surface area (Å²) in [5.41, 5.74) is -4.61. The minimum Gasteiger partial charge on any atom is -0.474 e. The Balaban J connectivity index is 0.000000160. The van der Waals surface area contributed by atoms with E-state index in [1.165, 1.54) is 72.8 Å². The Morgan fingerprint density at radius 1 is 0.359 bits per heavy atom. The van der Waals surface area contributed by atoms with Crippen molar-refractivity contribution in [1.82, 2.24) is 19.9 Å². The van der Waals surface area contributed by atoms with Crippen LogP contribution in [0, 0.1) is 102 Å². The van der Waals surface area contributed by atoms with Gasteiger partial charge in [0, 0.05) is 76.9 Å². The van der Waals surface area contributed by atoms with Crippen molar-refractivity contribution in [2.45, 2.75) is 39.0 Å². The molecule has 0 fully saturated rings. The number of ether oxygens (including phenoxy) is 5. The number of halogens is 16. The first-order valence-electron chi connectivity index (χ1n) is 29.0. The van der Waals surface area contributed by atoms with Crippen molar-refractivity contribution in [2.24, 2.45) is 0 Å². The van der Waals surface area contributed by atoms with Crippen LogP contribution in [0.3, 0.4) is 0 Å². The molecule has 0 saturated heterocycles. The zero-order valence-corrected chi connectivity index (χ0v) is 52.5. The van der Waals surface area contributed by atoms with E-state index in [1.54, 1.807) is 0 Å². The summed E-state index contributed by atoms with van der Waals surface area (Å²) in [6.45, 7) is -1.94. The van der Waals surface area contributed by atoms with E-state index in [2.05, 4.69) is 48.4 Å². The van der Waals surface area contributed by atoms with Crippen LogP contribution in [-0.2, 0) is 32.6 Å². The van der Waals surface area contributed by atoms with Crippen LogP contribution in [0.4, 0.5) is 65.9 Å². The SMILES string of the molecule is C#Cc1c(=O)[nH]c(OCc2c(F)cc(F)cc2F)c2cc(F)ccc12.C#Cc1c(=O)[nH]c(OCc2c(F)cccc2C(F)(F)F)c2cc(F)ccc12.C#Cc1c(=O)[nH]c(OCc2cc(F)ccc2Cl)c2cc(F)ccc12.C#Cc1c(=O)[nH]c(OCc2ccccc2OC(F)(F)F)c2cc(F)ccc12. The van der Waals surface area contributed by atoms with Crippen molar-refractivity contribution < 1.29 is 89.5 Å². The van der Waals surface area contributed by atoms with Crippen LogP contribution in [0.25, 0.3) is 43.1 Å². The average Bonchev–Trinajstić information content (AvgIpc) is 0.797. The second kappa shape index (κ2) is 31.5. The third-order valence-electron chi connectivity index (χ3n) is 14.6. The van der Waals surface area contributed by atoms with Crippen LogP contribution in [0.1, 0.15) is 50.1 Å². The van der Waals surface area contributed by atoms with Crippen LogP contribution in [0.2, 0.25) is 5.02 Å². The largest absolute Gasteiger partial charge is 0.573 e. The van der Waals surface area contributed by atoms with E-state index < -0.39 is 123 Å². The number of benzene rings is 8. The number of hydrogen-bond acceptors (Lipinski definition) is 9. The minimum absolute atomic E-state index is 0.00171. The smallest absolute Gasteiger partial charge is 0.474 e. The average molecular weight is 1450 g/mol. The minimum atomic E-state index is -4.87. The highest BCUT2D eigenvalue weighted by atomic mass is 35.5. The lowest BCUT2D eigenvalue weighted by Crippen LogP contribution is -2.18. The van der Waals surface area contributed by atoms with Gasteiger partial charge in [0.2, 0.25) is 23.5 Å². The normalized spacial score (nSPS) is 11.0. The Labute approximate surface area is 574 Å². The van der Waals surface area contributed by atoms with E-state index in [4.69, 9.17) is 56.2 Å². The summed E-state index contributed by atoms with van der Waals surface area (Å²) in [6.07, 6.45) is 11.6. The fourth-order valence-corrected chi connectivity index (χ4v) is 10.1. The molecule has 0 bridgehead atoms. The molecule has 12 aromatic rings. The molecule has 0 aliphatic heterocycles. The molecule has 0 aliphatic rings. The number of fused-ring (bicyclic) bond motifs is 4. The molecule has 0 amide bonds. The lowest BCUT2D eigenvalue weighted by atomic mass is 10.1. The third-order valence-corrected chi connectivity index (χ3v) is 14.9. The molecule has 29 heteroatoms. The van der Waals surface area contributed by atoms with Crippen molar-refractivity contribution in [2.75, 3.05) is 0 Å². The van der Waals surface area contributed by atoms with Gasteiger partial charge in [-0.15, -0.1) is 38.9 Å². The number of para-hydroxylation sites is 1. The molecule has 103 heavy (non-hydrogen) atoms. The van der Waals surface area contributed by atoms with Crippen molar-refractivity contribution in [3.05, 3.63) is 294 Å². The molecule has 0 atom stereocenters.